The SMILES string of the molecule is COc1cc(C(C)=O)c(OC)cc1C(C)=O. The van der Waals surface area contributed by atoms with Crippen molar-refractivity contribution in [2.45, 2.75) is 13.8 Å². The molecule has 1 rings (SSSR count). The molecular formula is C12H14O4. The van der Waals surface area contributed by atoms with Crippen LogP contribution in [0.25, 0.3) is 0 Å². The van der Waals surface area contributed by atoms with Crippen molar-refractivity contribution in [3.8, 4) is 11.5 Å². The van der Waals surface area contributed by atoms with Crippen molar-refractivity contribution in [1.29, 1.82) is 0 Å². The van der Waals surface area contributed by atoms with Crippen LogP contribution in [0.1, 0.15) is 34.6 Å². The van der Waals surface area contributed by atoms with Gasteiger partial charge >= 0.3 is 0 Å². The third-order valence-corrected chi connectivity index (χ3v) is 2.28. The van der Waals surface area contributed by atoms with Crippen molar-refractivity contribution >= 4 is 11.6 Å². The molecule has 0 spiro atoms. The molecule has 16 heavy (non-hydrogen) atoms. The van der Waals surface area contributed by atoms with Crippen molar-refractivity contribution in [2.24, 2.45) is 0 Å². The molecule has 0 aliphatic carbocycles. The van der Waals surface area contributed by atoms with E-state index in [0.717, 1.165) is 0 Å². The Morgan fingerprint density at radius 3 is 1.38 bits per heavy atom. The molecule has 0 unspecified atom stereocenters. The van der Waals surface area contributed by atoms with Crippen molar-refractivity contribution in [3.63, 3.8) is 0 Å². The fourth-order valence-corrected chi connectivity index (χ4v) is 1.45. The minimum absolute atomic E-state index is 0.134. The Morgan fingerprint density at radius 2 is 1.19 bits per heavy atom. The van der Waals surface area contributed by atoms with Crippen LogP contribution in [-0.2, 0) is 0 Å². The Balaban J connectivity index is 3.46. The Labute approximate surface area is 94.2 Å². The molecule has 86 valence electrons. The van der Waals surface area contributed by atoms with E-state index in [4.69, 9.17) is 9.47 Å². The van der Waals surface area contributed by atoms with Crippen molar-refractivity contribution in [3.05, 3.63) is 23.3 Å². The molecule has 0 saturated heterocycles. The second-order valence-corrected chi connectivity index (χ2v) is 3.37. The van der Waals surface area contributed by atoms with Crippen molar-refractivity contribution < 1.29 is 19.1 Å². The first kappa shape index (κ1) is 12.2. The van der Waals surface area contributed by atoms with Gasteiger partial charge in [0.25, 0.3) is 0 Å². The van der Waals surface area contributed by atoms with Crippen LogP contribution < -0.4 is 9.47 Å². The molecule has 0 amide bonds. The molecule has 0 saturated carbocycles. The first-order valence-corrected chi connectivity index (χ1v) is 4.79. The maximum absolute atomic E-state index is 11.4. The molecule has 4 nitrogen and oxygen atoms in total. The number of hydrogen-bond donors (Lipinski definition) is 0. The van der Waals surface area contributed by atoms with E-state index in [1.165, 1.54) is 40.2 Å². The number of methoxy groups -OCH3 is 2. The van der Waals surface area contributed by atoms with Gasteiger partial charge < -0.3 is 9.47 Å². The van der Waals surface area contributed by atoms with Crippen LogP contribution in [-0.4, -0.2) is 25.8 Å². The highest BCUT2D eigenvalue weighted by Gasteiger charge is 2.16. The van der Waals surface area contributed by atoms with E-state index in [2.05, 4.69) is 0 Å². The van der Waals surface area contributed by atoms with Gasteiger partial charge in [-0.3, -0.25) is 9.59 Å². The predicted octanol–water partition coefficient (Wildman–Crippen LogP) is 2.11. The van der Waals surface area contributed by atoms with Crippen LogP contribution in [0.4, 0.5) is 0 Å². The van der Waals surface area contributed by atoms with E-state index >= 15 is 0 Å². The van der Waals surface area contributed by atoms with Gasteiger partial charge in [-0.05, 0) is 26.0 Å². The largest absolute Gasteiger partial charge is 0.496 e. The summed E-state index contributed by atoms with van der Waals surface area (Å²) in [5, 5.41) is 0. The number of ether oxygens (including phenoxy) is 2. The Bertz CT molecular complexity index is 393. The van der Waals surface area contributed by atoms with Gasteiger partial charge in [0.1, 0.15) is 11.5 Å². The minimum atomic E-state index is -0.134. The van der Waals surface area contributed by atoms with Gasteiger partial charge in [-0.15, -0.1) is 0 Å². The summed E-state index contributed by atoms with van der Waals surface area (Å²) in [6.07, 6.45) is 0. The summed E-state index contributed by atoms with van der Waals surface area (Å²) in [5.41, 5.74) is 0.814. The number of Topliss-reactive ketones (excluding diaryl/α,β-unsaturated/α-hetero) is 2. The van der Waals surface area contributed by atoms with Gasteiger partial charge in [0.2, 0.25) is 0 Å². The summed E-state index contributed by atoms with van der Waals surface area (Å²) >= 11 is 0. The van der Waals surface area contributed by atoms with Crippen LogP contribution in [0.3, 0.4) is 0 Å². The van der Waals surface area contributed by atoms with Crippen LogP contribution in [0.15, 0.2) is 12.1 Å². The van der Waals surface area contributed by atoms with Gasteiger partial charge in [-0.2, -0.15) is 0 Å². The topological polar surface area (TPSA) is 52.6 Å². The second-order valence-electron chi connectivity index (χ2n) is 3.37. The minimum Gasteiger partial charge on any atom is -0.496 e. The molecule has 0 N–H and O–H groups in total. The highest BCUT2D eigenvalue weighted by Crippen LogP contribution is 2.29. The summed E-state index contributed by atoms with van der Waals surface area (Å²) in [6.45, 7) is 2.87. The molecule has 1 aromatic carbocycles. The highest BCUT2D eigenvalue weighted by atomic mass is 16.5. The van der Waals surface area contributed by atoms with E-state index < -0.39 is 0 Å². The quantitative estimate of drug-likeness (QED) is 0.732. The molecule has 0 fully saturated rings. The van der Waals surface area contributed by atoms with Crippen molar-refractivity contribution in [1.82, 2.24) is 0 Å². The molecule has 0 bridgehead atoms. The zero-order chi connectivity index (χ0) is 12.3. The number of benzene rings is 1. The van der Waals surface area contributed by atoms with E-state index in [1.54, 1.807) is 0 Å². The predicted molar refractivity (Wildman–Crippen MR) is 59.6 cm³/mol. The number of hydrogen-bond acceptors (Lipinski definition) is 4. The standard InChI is InChI=1S/C12H14O4/c1-7(13)9-5-12(16-4)10(8(2)14)6-11(9)15-3/h5-6H,1-4H3. The molecule has 4 heteroatoms. The molecule has 1 aromatic rings. The average molecular weight is 222 g/mol. The molecule has 0 aliphatic heterocycles. The zero-order valence-corrected chi connectivity index (χ0v) is 9.79. The first-order chi connectivity index (χ1) is 7.51. The summed E-state index contributed by atoms with van der Waals surface area (Å²) < 4.78 is 10.1. The number of ketones is 2. The summed E-state index contributed by atoms with van der Waals surface area (Å²) in [6, 6.07) is 3.05. The summed E-state index contributed by atoms with van der Waals surface area (Å²) in [4.78, 5) is 22.7. The number of rotatable bonds is 4. The number of carbonyl (C=O) groups excluding carboxylic acids is 2. The third kappa shape index (κ3) is 2.21. The lowest BCUT2D eigenvalue weighted by molar-refractivity contribution is 0.0996. The Hall–Kier alpha value is -1.84. The lowest BCUT2D eigenvalue weighted by Gasteiger charge is -2.11. The monoisotopic (exact) mass is 222 g/mol. The van der Waals surface area contributed by atoms with Crippen LogP contribution in [0.2, 0.25) is 0 Å². The molecule has 0 aromatic heterocycles. The zero-order valence-electron chi connectivity index (χ0n) is 9.79. The fourth-order valence-electron chi connectivity index (χ4n) is 1.45. The Kier molecular flexibility index (Phi) is 3.66. The molecule has 0 atom stereocenters. The van der Waals surface area contributed by atoms with Gasteiger partial charge in [0.15, 0.2) is 11.6 Å². The smallest absolute Gasteiger partial charge is 0.163 e. The maximum atomic E-state index is 11.4. The molecule has 0 aliphatic rings. The summed E-state index contributed by atoms with van der Waals surface area (Å²) in [5.74, 6) is 0.507. The first-order valence-electron chi connectivity index (χ1n) is 4.79. The fraction of sp³-hybridized carbons (Fsp3) is 0.333. The van der Waals surface area contributed by atoms with Crippen LogP contribution in [0, 0.1) is 0 Å². The lowest BCUT2D eigenvalue weighted by atomic mass is 10.0. The Morgan fingerprint density at radius 1 is 0.875 bits per heavy atom. The molecular weight excluding hydrogens is 208 g/mol. The van der Waals surface area contributed by atoms with E-state index in [0.29, 0.717) is 22.6 Å². The molecule has 0 radical (unpaired) electrons. The normalized spacial score (nSPS) is 9.75. The highest BCUT2D eigenvalue weighted by molar-refractivity contribution is 6.02. The van der Waals surface area contributed by atoms with Gasteiger partial charge in [0.05, 0.1) is 25.3 Å². The molecule has 0 heterocycles. The van der Waals surface area contributed by atoms with Gasteiger partial charge in [0, 0.05) is 0 Å². The second kappa shape index (κ2) is 4.79. The van der Waals surface area contributed by atoms with Gasteiger partial charge in [-0.25, -0.2) is 0 Å². The lowest BCUT2D eigenvalue weighted by Crippen LogP contribution is -2.04. The van der Waals surface area contributed by atoms with E-state index in [-0.39, 0.29) is 11.6 Å². The van der Waals surface area contributed by atoms with Crippen LogP contribution >= 0.6 is 0 Å². The average Bonchev–Trinajstić information content (AvgIpc) is 2.26. The third-order valence-electron chi connectivity index (χ3n) is 2.28. The van der Waals surface area contributed by atoms with Crippen molar-refractivity contribution in [2.75, 3.05) is 14.2 Å². The summed E-state index contributed by atoms with van der Waals surface area (Å²) in [7, 11) is 2.91. The van der Waals surface area contributed by atoms with E-state index in [9.17, 15) is 9.59 Å². The van der Waals surface area contributed by atoms with Crippen LogP contribution in [0.5, 0.6) is 11.5 Å². The maximum Gasteiger partial charge on any atom is 0.163 e. The van der Waals surface area contributed by atoms with Gasteiger partial charge in [-0.1, -0.05) is 0 Å². The number of carbonyl (C=O) groups is 2. The van der Waals surface area contributed by atoms with E-state index in [1.807, 2.05) is 0 Å².